The van der Waals surface area contributed by atoms with Crippen LogP contribution in [0.3, 0.4) is 0 Å². The second-order valence-electron chi connectivity index (χ2n) is 8.51. The molecule has 4 aromatic rings. The number of thioether (sulfide) groups is 1. The summed E-state index contributed by atoms with van der Waals surface area (Å²) in [5, 5.41) is 7.88. The summed E-state index contributed by atoms with van der Waals surface area (Å²) < 4.78 is 15.3. The predicted octanol–water partition coefficient (Wildman–Crippen LogP) is 6.01. The number of nitrogens with one attached hydrogen (secondary N) is 2. The van der Waals surface area contributed by atoms with Gasteiger partial charge in [0.1, 0.15) is 5.82 Å². The number of hydrogen-bond acceptors (Lipinski definition) is 7. The average Bonchev–Trinajstić information content (AvgIpc) is 3.32. The number of nitrogens with zero attached hydrogens (tertiary/aromatic N) is 3. The zero-order valence-corrected chi connectivity index (χ0v) is 23.9. The fourth-order valence-corrected chi connectivity index (χ4v) is 5.81. The van der Waals surface area contributed by atoms with E-state index in [4.69, 9.17) is 0 Å². The van der Waals surface area contributed by atoms with Crippen LogP contribution in [0.4, 0.5) is 10.1 Å². The number of amides is 2. The average molecular weight is 615 g/mol. The number of hydrogen-bond donors (Lipinski definition) is 2. The van der Waals surface area contributed by atoms with E-state index < -0.39 is 11.7 Å². The molecule has 2 aromatic carbocycles. The molecule has 11 heteroatoms. The topological polar surface area (TPSA) is 86.7 Å². The molecule has 7 nitrogen and oxygen atoms in total. The van der Waals surface area contributed by atoms with Crippen LogP contribution in [0, 0.1) is 5.82 Å². The number of rotatable bonds is 10. The van der Waals surface area contributed by atoms with Gasteiger partial charge >= 0.3 is 0 Å². The minimum absolute atomic E-state index is 0.0709. The largest absolute Gasteiger partial charge is 0.380 e. The van der Waals surface area contributed by atoms with Gasteiger partial charge in [-0.25, -0.2) is 9.82 Å². The van der Waals surface area contributed by atoms with Crippen molar-refractivity contribution in [2.75, 3.05) is 25.2 Å². The molecular weight excluding hydrogens is 589 g/mol. The Kier molecular flexibility index (Phi) is 9.48. The molecule has 0 bridgehead atoms. The zero-order valence-electron chi connectivity index (χ0n) is 20.7. The van der Waals surface area contributed by atoms with Gasteiger partial charge in [-0.1, -0.05) is 18.2 Å². The second-order valence-corrected chi connectivity index (χ2v) is 12.1. The van der Waals surface area contributed by atoms with Crippen molar-refractivity contribution in [1.82, 2.24) is 15.3 Å². The van der Waals surface area contributed by atoms with Crippen molar-refractivity contribution < 1.29 is 14.0 Å². The summed E-state index contributed by atoms with van der Waals surface area (Å²) in [4.78, 5) is 33.7. The third-order valence-electron chi connectivity index (χ3n) is 5.49. The number of aromatic nitrogens is 1. The van der Waals surface area contributed by atoms with Gasteiger partial charge in [-0.05, 0) is 58.4 Å². The molecule has 0 aliphatic heterocycles. The Hall–Kier alpha value is -3.28. The molecule has 0 saturated heterocycles. The third kappa shape index (κ3) is 7.40. The van der Waals surface area contributed by atoms with Gasteiger partial charge in [0, 0.05) is 53.7 Å². The Morgan fingerprint density at radius 2 is 1.97 bits per heavy atom. The number of benzene rings is 2. The lowest BCUT2D eigenvalue weighted by Crippen LogP contribution is -2.33. The highest BCUT2D eigenvalue weighted by Crippen LogP contribution is 2.30. The fraction of sp³-hybridized carbons (Fsp3) is 0.185. The molecule has 0 radical (unpaired) electrons. The summed E-state index contributed by atoms with van der Waals surface area (Å²) in [5.74, 6) is -0.500. The summed E-state index contributed by atoms with van der Waals surface area (Å²) in [5.41, 5.74) is 3.64. The maximum absolute atomic E-state index is 14.3. The lowest BCUT2D eigenvalue weighted by Gasteiger charge is -2.23. The number of halogens is 2. The highest BCUT2D eigenvalue weighted by Gasteiger charge is 2.22. The first-order chi connectivity index (χ1) is 18.3. The van der Waals surface area contributed by atoms with Gasteiger partial charge in [-0.15, -0.1) is 23.1 Å². The minimum Gasteiger partial charge on any atom is -0.380 e. The zero-order chi connectivity index (χ0) is 27.1. The Morgan fingerprint density at radius 3 is 2.68 bits per heavy atom. The van der Waals surface area contributed by atoms with Crippen molar-refractivity contribution in [3.05, 3.63) is 86.9 Å². The molecule has 2 heterocycles. The van der Waals surface area contributed by atoms with E-state index in [0.29, 0.717) is 22.3 Å². The Labute approximate surface area is 236 Å². The van der Waals surface area contributed by atoms with Crippen LogP contribution in [-0.4, -0.2) is 53.8 Å². The Bertz CT molecular complexity index is 1460. The van der Waals surface area contributed by atoms with E-state index in [0.717, 1.165) is 13.6 Å². The van der Waals surface area contributed by atoms with Crippen molar-refractivity contribution in [1.29, 1.82) is 0 Å². The molecule has 0 fully saturated rings. The van der Waals surface area contributed by atoms with Crippen molar-refractivity contribution >= 4 is 73.6 Å². The van der Waals surface area contributed by atoms with Gasteiger partial charge in [0.25, 0.3) is 5.91 Å². The number of pyridine rings is 1. The van der Waals surface area contributed by atoms with E-state index in [9.17, 15) is 14.0 Å². The van der Waals surface area contributed by atoms with E-state index in [2.05, 4.69) is 36.8 Å². The van der Waals surface area contributed by atoms with Crippen LogP contribution >= 0.6 is 39.0 Å². The highest BCUT2D eigenvalue weighted by molar-refractivity contribution is 9.11. The third-order valence-corrected chi connectivity index (χ3v) is 8.22. The summed E-state index contributed by atoms with van der Waals surface area (Å²) in [7, 11) is 3.40. The lowest BCUT2D eigenvalue weighted by atomic mass is 10.1. The number of anilines is 1. The van der Waals surface area contributed by atoms with Crippen LogP contribution in [0.25, 0.3) is 10.9 Å². The van der Waals surface area contributed by atoms with Crippen LogP contribution < -0.4 is 10.7 Å². The molecule has 196 valence electrons. The predicted molar refractivity (Wildman–Crippen MR) is 157 cm³/mol. The smallest absolute Gasteiger partial charge is 0.275 e. The van der Waals surface area contributed by atoms with Crippen LogP contribution in [0.15, 0.2) is 80.6 Å². The molecular formula is C27H25BrFN5O2S2. The number of carbonyl (C=O) groups excluding carboxylic acids is 2. The summed E-state index contributed by atoms with van der Waals surface area (Å²) in [6.07, 6.45) is 3.16. The molecule has 2 aromatic heterocycles. The SMILES string of the molecule is CN(C)C(=O)C[C@H](CSc1ccccc1)Nc1c(C(=O)N/N=C/c2ccc(Br)s2)cnc2ccc(F)cc12. The van der Waals surface area contributed by atoms with Crippen LogP contribution in [0.5, 0.6) is 0 Å². The molecule has 2 N–H and O–H groups in total. The number of thiophene rings is 1. The van der Waals surface area contributed by atoms with Gasteiger partial charge in [-0.2, -0.15) is 5.10 Å². The first-order valence-electron chi connectivity index (χ1n) is 11.6. The maximum atomic E-state index is 14.3. The second kappa shape index (κ2) is 13.0. The monoisotopic (exact) mass is 613 g/mol. The summed E-state index contributed by atoms with van der Waals surface area (Å²) in [6.45, 7) is 0. The fourth-order valence-electron chi connectivity index (χ4n) is 3.57. The molecule has 0 spiro atoms. The van der Waals surface area contributed by atoms with Crippen molar-refractivity contribution in [2.45, 2.75) is 17.4 Å². The van der Waals surface area contributed by atoms with E-state index in [1.165, 1.54) is 34.6 Å². The summed E-state index contributed by atoms with van der Waals surface area (Å²) in [6, 6.07) is 17.5. The molecule has 0 aliphatic carbocycles. The summed E-state index contributed by atoms with van der Waals surface area (Å²) >= 11 is 6.46. The quantitative estimate of drug-likeness (QED) is 0.130. The Morgan fingerprint density at radius 1 is 1.18 bits per heavy atom. The van der Waals surface area contributed by atoms with Gasteiger partial charge < -0.3 is 10.2 Å². The van der Waals surface area contributed by atoms with Crippen LogP contribution in [0.2, 0.25) is 0 Å². The van der Waals surface area contributed by atoms with Crippen LogP contribution in [-0.2, 0) is 4.79 Å². The lowest BCUT2D eigenvalue weighted by molar-refractivity contribution is -0.128. The van der Waals surface area contributed by atoms with Gasteiger partial charge in [0.2, 0.25) is 5.91 Å². The van der Waals surface area contributed by atoms with E-state index in [1.807, 2.05) is 42.5 Å². The van der Waals surface area contributed by atoms with Gasteiger partial charge in [0.05, 0.1) is 26.8 Å². The molecule has 1 atom stereocenters. The maximum Gasteiger partial charge on any atom is 0.275 e. The van der Waals surface area contributed by atoms with Crippen molar-refractivity contribution in [3.8, 4) is 0 Å². The molecule has 0 unspecified atom stereocenters. The number of hydrazone groups is 1. The standard InChI is InChI=1S/C27H25BrFN5O2S2/c1-34(2)25(35)13-18(16-37-19-6-4-3-5-7-19)32-26-21-12-17(29)8-10-23(21)30-15-22(26)27(36)33-31-14-20-9-11-24(28)38-20/h3-12,14-15,18H,13,16H2,1-2H3,(H,30,32)(H,33,36)/b31-14+/t18-/m1/s1. The highest BCUT2D eigenvalue weighted by atomic mass is 79.9. The van der Waals surface area contributed by atoms with Gasteiger partial charge in [0.15, 0.2) is 0 Å². The Balaban J connectivity index is 1.65. The van der Waals surface area contributed by atoms with E-state index >= 15 is 0 Å². The first-order valence-corrected chi connectivity index (χ1v) is 14.2. The first kappa shape index (κ1) is 27.7. The van der Waals surface area contributed by atoms with Crippen LogP contribution in [0.1, 0.15) is 21.7 Å². The minimum atomic E-state index is -0.508. The normalized spacial score (nSPS) is 12.0. The molecule has 2 amide bonds. The number of carbonyl (C=O) groups is 2. The molecule has 38 heavy (non-hydrogen) atoms. The van der Waals surface area contributed by atoms with E-state index in [-0.39, 0.29) is 23.9 Å². The van der Waals surface area contributed by atoms with Crippen molar-refractivity contribution in [3.63, 3.8) is 0 Å². The molecule has 0 saturated carbocycles. The van der Waals surface area contributed by atoms with E-state index in [1.54, 1.807) is 38.1 Å². The molecule has 4 rings (SSSR count). The van der Waals surface area contributed by atoms with Gasteiger partial charge in [-0.3, -0.25) is 14.6 Å². The van der Waals surface area contributed by atoms with Crippen molar-refractivity contribution in [2.24, 2.45) is 5.10 Å². The number of fused-ring (bicyclic) bond motifs is 1. The molecule has 0 aliphatic rings.